The summed E-state index contributed by atoms with van der Waals surface area (Å²) in [6.45, 7) is 6.41. The van der Waals surface area contributed by atoms with E-state index in [1.54, 1.807) is 6.07 Å². The van der Waals surface area contributed by atoms with Crippen molar-refractivity contribution in [2.24, 2.45) is 0 Å². The second-order valence-electron chi connectivity index (χ2n) is 4.10. The van der Waals surface area contributed by atoms with E-state index in [9.17, 15) is 0 Å². The summed E-state index contributed by atoms with van der Waals surface area (Å²) in [6, 6.07) is 1.72. The fraction of sp³-hybridized carbons (Fsp3) is 0.417. The highest BCUT2D eigenvalue weighted by molar-refractivity contribution is 5.45. The monoisotopic (exact) mass is 247 g/mol. The van der Waals surface area contributed by atoms with Crippen LogP contribution in [-0.2, 0) is 13.0 Å². The number of nitrogens with one attached hydrogen (secondary N) is 1. The molecule has 0 spiro atoms. The minimum atomic E-state index is 0.475. The molecule has 18 heavy (non-hydrogen) atoms. The zero-order valence-corrected chi connectivity index (χ0v) is 10.8. The predicted octanol–water partition coefficient (Wildman–Crippen LogP) is 1.84. The summed E-state index contributed by atoms with van der Waals surface area (Å²) in [7, 11) is 0. The molecule has 2 aromatic heterocycles. The third-order valence-corrected chi connectivity index (χ3v) is 2.74. The predicted molar refractivity (Wildman–Crippen MR) is 69.1 cm³/mol. The van der Waals surface area contributed by atoms with Crippen molar-refractivity contribution in [1.29, 1.82) is 0 Å². The summed E-state index contributed by atoms with van der Waals surface area (Å²) in [5.74, 6) is 2.75. The molecule has 6 heteroatoms. The van der Waals surface area contributed by atoms with Gasteiger partial charge in [-0.1, -0.05) is 12.1 Å². The minimum Gasteiger partial charge on any atom is -0.384 e. The average molecular weight is 247 g/mol. The molecular weight excluding hydrogens is 230 g/mol. The SMILES string of the molecule is CCc1nc(N)cc(NCc2c(C)noc2C)n1. The summed E-state index contributed by atoms with van der Waals surface area (Å²) in [4.78, 5) is 8.49. The third-order valence-electron chi connectivity index (χ3n) is 2.74. The molecule has 0 fully saturated rings. The lowest BCUT2D eigenvalue weighted by molar-refractivity contribution is 0.392. The van der Waals surface area contributed by atoms with Crippen LogP contribution in [0.2, 0.25) is 0 Å². The van der Waals surface area contributed by atoms with E-state index in [1.165, 1.54) is 0 Å². The first-order valence-electron chi connectivity index (χ1n) is 5.89. The topological polar surface area (TPSA) is 89.9 Å². The highest BCUT2D eigenvalue weighted by Gasteiger charge is 2.09. The maximum atomic E-state index is 5.72. The van der Waals surface area contributed by atoms with E-state index in [2.05, 4.69) is 20.4 Å². The van der Waals surface area contributed by atoms with Gasteiger partial charge < -0.3 is 15.6 Å². The van der Waals surface area contributed by atoms with Gasteiger partial charge >= 0.3 is 0 Å². The Morgan fingerprint density at radius 1 is 1.33 bits per heavy atom. The number of hydrogen-bond donors (Lipinski definition) is 2. The van der Waals surface area contributed by atoms with Crippen LogP contribution in [0.15, 0.2) is 10.6 Å². The lowest BCUT2D eigenvalue weighted by Gasteiger charge is -2.07. The molecule has 0 aromatic carbocycles. The van der Waals surface area contributed by atoms with Crippen LogP contribution in [0.4, 0.5) is 11.6 Å². The number of nitrogens with zero attached hydrogens (tertiary/aromatic N) is 3. The van der Waals surface area contributed by atoms with Crippen molar-refractivity contribution in [3.63, 3.8) is 0 Å². The number of nitrogen functional groups attached to an aromatic ring is 1. The van der Waals surface area contributed by atoms with Gasteiger partial charge in [0, 0.05) is 24.6 Å². The molecule has 0 aliphatic rings. The molecule has 2 aromatic rings. The van der Waals surface area contributed by atoms with Crippen molar-refractivity contribution in [1.82, 2.24) is 15.1 Å². The summed E-state index contributed by atoms with van der Waals surface area (Å²) < 4.78 is 5.10. The molecule has 3 N–H and O–H groups in total. The van der Waals surface area contributed by atoms with Gasteiger partial charge in [-0.3, -0.25) is 0 Å². The summed E-state index contributed by atoms with van der Waals surface area (Å²) in [5, 5.41) is 7.12. The Labute approximate surface area is 106 Å². The maximum absolute atomic E-state index is 5.72. The van der Waals surface area contributed by atoms with Crippen LogP contribution in [0.1, 0.15) is 29.8 Å². The van der Waals surface area contributed by atoms with Crippen molar-refractivity contribution in [3.8, 4) is 0 Å². The van der Waals surface area contributed by atoms with E-state index in [0.29, 0.717) is 12.4 Å². The molecule has 6 nitrogen and oxygen atoms in total. The van der Waals surface area contributed by atoms with Gasteiger partial charge in [-0.15, -0.1) is 0 Å². The number of hydrogen-bond acceptors (Lipinski definition) is 6. The van der Waals surface area contributed by atoms with Crippen LogP contribution < -0.4 is 11.1 Å². The Hall–Kier alpha value is -2.11. The van der Waals surface area contributed by atoms with Crippen molar-refractivity contribution in [2.45, 2.75) is 33.7 Å². The fourth-order valence-corrected chi connectivity index (χ4v) is 1.70. The Morgan fingerprint density at radius 3 is 2.72 bits per heavy atom. The molecule has 0 bridgehead atoms. The molecule has 2 rings (SSSR count). The number of aryl methyl sites for hydroxylation is 3. The molecule has 0 saturated carbocycles. The van der Waals surface area contributed by atoms with Gasteiger partial charge in [0.25, 0.3) is 0 Å². The molecule has 0 unspecified atom stereocenters. The van der Waals surface area contributed by atoms with Crippen LogP contribution in [0.5, 0.6) is 0 Å². The number of rotatable bonds is 4. The van der Waals surface area contributed by atoms with Gasteiger partial charge in [-0.05, 0) is 13.8 Å². The van der Waals surface area contributed by atoms with Crippen molar-refractivity contribution in [2.75, 3.05) is 11.1 Å². The Balaban J connectivity index is 2.13. The Kier molecular flexibility index (Phi) is 3.45. The van der Waals surface area contributed by atoms with Crippen LogP contribution in [0.25, 0.3) is 0 Å². The molecule has 0 saturated heterocycles. The molecule has 0 atom stereocenters. The van der Waals surface area contributed by atoms with Crippen LogP contribution in [0.3, 0.4) is 0 Å². The standard InChI is InChI=1S/C12H17N5O/c1-4-11-15-10(13)5-12(16-11)14-6-9-7(2)17-18-8(9)3/h5H,4,6H2,1-3H3,(H3,13,14,15,16). The lowest BCUT2D eigenvalue weighted by Crippen LogP contribution is -2.07. The summed E-state index contributed by atoms with van der Waals surface area (Å²) >= 11 is 0. The van der Waals surface area contributed by atoms with Gasteiger partial charge in [-0.25, -0.2) is 9.97 Å². The maximum Gasteiger partial charge on any atom is 0.138 e. The lowest BCUT2D eigenvalue weighted by atomic mass is 10.2. The van der Waals surface area contributed by atoms with E-state index < -0.39 is 0 Å². The second kappa shape index (κ2) is 5.03. The van der Waals surface area contributed by atoms with Gasteiger partial charge in [0.1, 0.15) is 23.2 Å². The number of anilines is 2. The third kappa shape index (κ3) is 2.58. The largest absolute Gasteiger partial charge is 0.384 e. The number of aromatic nitrogens is 3. The molecule has 96 valence electrons. The molecule has 2 heterocycles. The van der Waals surface area contributed by atoms with Crippen molar-refractivity contribution >= 4 is 11.6 Å². The summed E-state index contributed by atoms with van der Waals surface area (Å²) in [6.07, 6.45) is 0.755. The van der Waals surface area contributed by atoms with Crippen LogP contribution in [0, 0.1) is 13.8 Å². The fourth-order valence-electron chi connectivity index (χ4n) is 1.70. The quantitative estimate of drug-likeness (QED) is 0.856. The molecular formula is C12H17N5O. The molecule has 0 aliphatic heterocycles. The zero-order chi connectivity index (χ0) is 13.1. The molecule has 0 radical (unpaired) electrons. The van der Waals surface area contributed by atoms with Gasteiger partial charge in [0.05, 0.1) is 5.69 Å². The van der Waals surface area contributed by atoms with Crippen LogP contribution in [-0.4, -0.2) is 15.1 Å². The first kappa shape index (κ1) is 12.3. The highest BCUT2D eigenvalue weighted by Crippen LogP contribution is 2.15. The zero-order valence-electron chi connectivity index (χ0n) is 10.8. The van der Waals surface area contributed by atoms with Crippen molar-refractivity contribution < 1.29 is 4.52 Å². The van der Waals surface area contributed by atoms with Crippen LogP contribution >= 0.6 is 0 Å². The normalized spacial score (nSPS) is 10.6. The number of nitrogens with two attached hydrogens (primary N) is 1. The smallest absolute Gasteiger partial charge is 0.138 e. The first-order chi connectivity index (χ1) is 8.60. The molecule has 0 amide bonds. The van der Waals surface area contributed by atoms with E-state index >= 15 is 0 Å². The first-order valence-corrected chi connectivity index (χ1v) is 5.89. The van der Waals surface area contributed by atoms with Gasteiger partial charge in [0.2, 0.25) is 0 Å². The van der Waals surface area contributed by atoms with Crippen molar-refractivity contribution in [3.05, 3.63) is 28.9 Å². The van der Waals surface area contributed by atoms with E-state index in [-0.39, 0.29) is 0 Å². The van der Waals surface area contributed by atoms with Gasteiger partial charge in [0.15, 0.2) is 0 Å². The highest BCUT2D eigenvalue weighted by atomic mass is 16.5. The van der Waals surface area contributed by atoms with E-state index in [1.807, 2.05) is 20.8 Å². The Morgan fingerprint density at radius 2 is 2.11 bits per heavy atom. The van der Waals surface area contributed by atoms with E-state index in [4.69, 9.17) is 10.3 Å². The summed E-state index contributed by atoms with van der Waals surface area (Å²) in [5.41, 5.74) is 7.66. The second-order valence-corrected chi connectivity index (χ2v) is 4.10. The average Bonchev–Trinajstić information content (AvgIpc) is 2.66. The Bertz CT molecular complexity index is 530. The van der Waals surface area contributed by atoms with E-state index in [0.717, 1.165) is 35.1 Å². The van der Waals surface area contributed by atoms with Gasteiger partial charge in [-0.2, -0.15) is 0 Å². The minimum absolute atomic E-state index is 0.475. The molecule has 0 aliphatic carbocycles.